The van der Waals surface area contributed by atoms with E-state index in [-0.39, 0.29) is 11.5 Å². The van der Waals surface area contributed by atoms with Crippen LogP contribution in [0.5, 0.6) is 0 Å². The SMILES string of the molecule is CC[C@H](/C=C/[C@@H](C)[C@H]1CC=C2C3=CC=C4C[C@@H](O)CC[C@]4(C)[C@H]3CC[C@@]21C)C(C)C. The molecule has 0 aromatic carbocycles. The van der Waals surface area contributed by atoms with Gasteiger partial charge < -0.3 is 5.11 Å². The van der Waals surface area contributed by atoms with Crippen LogP contribution in [0, 0.1) is 40.4 Å². The molecule has 2 fully saturated rings. The fourth-order valence-corrected chi connectivity index (χ4v) is 7.50. The summed E-state index contributed by atoms with van der Waals surface area (Å²) in [5, 5.41) is 10.2. The molecule has 1 heteroatoms. The highest BCUT2D eigenvalue weighted by Crippen LogP contribution is 2.64. The first kappa shape index (κ1) is 22.1. The maximum Gasteiger partial charge on any atom is 0.0578 e. The van der Waals surface area contributed by atoms with Gasteiger partial charge in [-0.1, -0.05) is 77.5 Å². The molecule has 0 aromatic rings. The van der Waals surface area contributed by atoms with E-state index in [1.54, 1.807) is 11.1 Å². The maximum absolute atomic E-state index is 10.2. The topological polar surface area (TPSA) is 20.2 Å². The molecule has 4 aliphatic rings. The van der Waals surface area contributed by atoms with Crippen LogP contribution in [0.2, 0.25) is 0 Å². The molecule has 0 saturated heterocycles. The highest BCUT2D eigenvalue weighted by Gasteiger charge is 2.53. The van der Waals surface area contributed by atoms with Gasteiger partial charge in [-0.15, -0.1) is 0 Å². The zero-order chi connectivity index (χ0) is 21.7. The van der Waals surface area contributed by atoms with Gasteiger partial charge in [0.05, 0.1) is 6.10 Å². The Labute approximate surface area is 185 Å². The van der Waals surface area contributed by atoms with Crippen LogP contribution in [0.25, 0.3) is 0 Å². The van der Waals surface area contributed by atoms with Crippen LogP contribution < -0.4 is 0 Å². The summed E-state index contributed by atoms with van der Waals surface area (Å²) in [6.07, 6.45) is 20.4. The van der Waals surface area contributed by atoms with Crippen LogP contribution in [0.3, 0.4) is 0 Å². The van der Waals surface area contributed by atoms with Gasteiger partial charge in [0, 0.05) is 0 Å². The summed E-state index contributed by atoms with van der Waals surface area (Å²) in [6, 6.07) is 0. The van der Waals surface area contributed by atoms with E-state index in [4.69, 9.17) is 0 Å². The highest BCUT2D eigenvalue weighted by atomic mass is 16.3. The number of fused-ring (bicyclic) bond motifs is 5. The minimum absolute atomic E-state index is 0.131. The van der Waals surface area contributed by atoms with Crippen LogP contribution in [-0.2, 0) is 0 Å². The maximum atomic E-state index is 10.2. The van der Waals surface area contributed by atoms with Crippen molar-refractivity contribution in [3.63, 3.8) is 0 Å². The Hall–Kier alpha value is -1.08. The van der Waals surface area contributed by atoms with E-state index in [1.165, 1.54) is 31.3 Å². The van der Waals surface area contributed by atoms with Gasteiger partial charge in [0.1, 0.15) is 0 Å². The molecule has 0 heterocycles. The lowest BCUT2D eigenvalue weighted by Gasteiger charge is -2.53. The molecule has 4 rings (SSSR count). The largest absolute Gasteiger partial charge is 0.393 e. The van der Waals surface area contributed by atoms with Crippen molar-refractivity contribution in [2.45, 2.75) is 92.6 Å². The molecule has 2 saturated carbocycles. The van der Waals surface area contributed by atoms with Crippen molar-refractivity contribution >= 4 is 0 Å². The average Bonchev–Trinajstić information content (AvgIpc) is 3.06. The predicted octanol–water partition coefficient (Wildman–Crippen LogP) is 7.64. The predicted molar refractivity (Wildman–Crippen MR) is 128 cm³/mol. The highest BCUT2D eigenvalue weighted by molar-refractivity contribution is 5.51. The lowest BCUT2D eigenvalue weighted by molar-refractivity contribution is 0.0719. The van der Waals surface area contributed by atoms with Crippen LogP contribution in [0.1, 0.15) is 86.5 Å². The summed E-state index contributed by atoms with van der Waals surface area (Å²) in [5.41, 5.74) is 5.40. The zero-order valence-electron chi connectivity index (χ0n) is 20.2. The third kappa shape index (κ3) is 3.50. The number of aliphatic hydroxyl groups excluding tert-OH is 1. The van der Waals surface area contributed by atoms with E-state index < -0.39 is 0 Å². The van der Waals surface area contributed by atoms with Gasteiger partial charge in [-0.05, 0) is 96.5 Å². The molecule has 166 valence electrons. The van der Waals surface area contributed by atoms with Gasteiger partial charge in [0.15, 0.2) is 0 Å². The molecule has 0 radical (unpaired) electrons. The van der Waals surface area contributed by atoms with Gasteiger partial charge in [-0.2, -0.15) is 0 Å². The molecular weight excluding hydrogens is 364 g/mol. The normalized spacial score (nSPS) is 40.3. The van der Waals surface area contributed by atoms with Crippen molar-refractivity contribution < 1.29 is 5.11 Å². The second-order valence-electron chi connectivity index (χ2n) is 11.7. The molecule has 0 amide bonds. The Morgan fingerprint density at radius 3 is 2.50 bits per heavy atom. The molecular formula is C29H44O. The van der Waals surface area contributed by atoms with Crippen LogP contribution in [-0.4, -0.2) is 11.2 Å². The van der Waals surface area contributed by atoms with E-state index in [0.29, 0.717) is 23.2 Å². The first-order chi connectivity index (χ1) is 14.2. The first-order valence-electron chi connectivity index (χ1n) is 12.7. The second kappa shape index (κ2) is 8.12. The number of hydrogen-bond acceptors (Lipinski definition) is 1. The van der Waals surface area contributed by atoms with Crippen LogP contribution in [0.4, 0.5) is 0 Å². The molecule has 1 N–H and O–H groups in total. The molecule has 7 atom stereocenters. The molecule has 0 aromatic heterocycles. The summed E-state index contributed by atoms with van der Waals surface area (Å²) in [4.78, 5) is 0. The average molecular weight is 409 g/mol. The Morgan fingerprint density at radius 1 is 1.07 bits per heavy atom. The lowest BCUT2D eigenvalue weighted by atomic mass is 9.51. The lowest BCUT2D eigenvalue weighted by Crippen LogP contribution is -2.44. The molecule has 4 aliphatic carbocycles. The Balaban J connectivity index is 1.57. The van der Waals surface area contributed by atoms with Crippen molar-refractivity contribution in [3.8, 4) is 0 Å². The van der Waals surface area contributed by atoms with Crippen molar-refractivity contribution in [1.29, 1.82) is 0 Å². The van der Waals surface area contributed by atoms with E-state index >= 15 is 0 Å². The third-order valence-electron chi connectivity index (χ3n) is 9.69. The fraction of sp³-hybridized carbons (Fsp3) is 0.724. The Morgan fingerprint density at radius 2 is 1.80 bits per heavy atom. The van der Waals surface area contributed by atoms with Crippen molar-refractivity contribution in [3.05, 3.63) is 47.1 Å². The molecule has 0 unspecified atom stereocenters. The number of rotatable bonds is 5. The summed E-state index contributed by atoms with van der Waals surface area (Å²) in [6.45, 7) is 14.5. The smallest absolute Gasteiger partial charge is 0.0578 e. The van der Waals surface area contributed by atoms with Crippen LogP contribution >= 0.6 is 0 Å². The molecule has 30 heavy (non-hydrogen) atoms. The molecule has 0 aliphatic heterocycles. The minimum atomic E-state index is -0.131. The minimum Gasteiger partial charge on any atom is -0.393 e. The summed E-state index contributed by atoms with van der Waals surface area (Å²) in [7, 11) is 0. The van der Waals surface area contributed by atoms with Gasteiger partial charge in [0.25, 0.3) is 0 Å². The monoisotopic (exact) mass is 408 g/mol. The number of hydrogen-bond donors (Lipinski definition) is 1. The quantitative estimate of drug-likeness (QED) is 0.463. The molecule has 0 bridgehead atoms. The third-order valence-corrected chi connectivity index (χ3v) is 9.69. The number of aliphatic hydroxyl groups is 1. The van der Waals surface area contributed by atoms with E-state index in [9.17, 15) is 5.11 Å². The van der Waals surface area contributed by atoms with E-state index in [2.05, 4.69) is 71.9 Å². The van der Waals surface area contributed by atoms with E-state index in [0.717, 1.165) is 31.1 Å². The molecule has 1 nitrogen and oxygen atoms in total. The summed E-state index contributed by atoms with van der Waals surface area (Å²) < 4.78 is 0. The van der Waals surface area contributed by atoms with Gasteiger partial charge in [0.2, 0.25) is 0 Å². The van der Waals surface area contributed by atoms with Gasteiger partial charge in [-0.25, -0.2) is 0 Å². The van der Waals surface area contributed by atoms with Gasteiger partial charge >= 0.3 is 0 Å². The van der Waals surface area contributed by atoms with E-state index in [1.807, 2.05) is 0 Å². The van der Waals surface area contributed by atoms with Crippen LogP contribution in [0.15, 0.2) is 47.1 Å². The van der Waals surface area contributed by atoms with Crippen molar-refractivity contribution in [1.82, 2.24) is 0 Å². The summed E-state index contributed by atoms with van der Waals surface area (Å²) >= 11 is 0. The summed E-state index contributed by atoms with van der Waals surface area (Å²) in [5.74, 6) is 3.44. The van der Waals surface area contributed by atoms with Crippen molar-refractivity contribution in [2.75, 3.05) is 0 Å². The van der Waals surface area contributed by atoms with Crippen molar-refractivity contribution in [2.24, 2.45) is 40.4 Å². The standard InChI is InChI=1S/C29H44O/c1-7-21(19(2)3)9-8-20(4)25-12-13-26-24-11-10-22-18-23(30)14-16-28(22,5)27(24)15-17-29(25,26)6/h8-11,13,19-21,23,25,27,30H,7,12,14-18H2,1-6H3/b9-8+/t20-,21-,23+,25-,27+,28+,29-/m1/s1. The number of allylic oxidation sites excluding steroid dienone is 7. The first-order valence-corrected chi connectivity index (χ1v) is 12.7. The Bertz CT molecular complexity index is 780. The van der Waals surface area contributed by atoms with Gasteiger partial charge in [-0.3, -0.25) is 0 Å². The fourth-order valence-electron chi connectivity index (χ4n) is 7.50. The molecule has 0 spiro atoms. The Kier molecular flexibility index (Phi) is 5.99. The zero-order valence-corrected chi connectivity index (χ0v) is 20.2. The second-order valence-corrected chi connectivity index (χ2v) is 11.7.